The molecule has 0 aromatic heterocycles. The number of hydrogen-bond donors (Lipinski definition) is 1. The van der Waals surface area contributed by atoms with Gasteiger partial charge in [0.25, 0.3) is 0 Å². The first-order chi connectivity index (χ1) is 7.38. The summed E-state index contributed by atoms with van der Waals surface area (Å²) in [6, 6.07) is 2.07. The summed E-state index contributed by atoms with van der Waals surface area (Å²) in [6.07, 6.45) is 4.08. The van der Waals surface area contributed by atoms with Crippen LogP contribution in [0.3, 0.4) is 0 Å². The Labute approximate surface area is 102 Å². The van der Waals surface area contributed by atoms with Crippen molar-refractivity contribution in [3.8, 4) is 0 Å². The van der Waals surface area contributed by atoms with Crippen LogP contribution in [0.25, 0.3) is 0 Å². The topological polar surface area (TPSA) is 15.3 Å². The van der Waals surface area contributed by atoms with Crippen molar-refractivity contribution in [1.82, 2.24) is 10.2 Å². The lowest BCUT2D eigenvalue weighted by Gasteiger charge is -2.41. The molecule has 1 aliphatic rings. The normalized spacial score (nSPS) is 28.7. The first-order valence-electron chi connectivity index (χ1n) is 6.83. The summed E-state index contributed by atoms with van der Waals surface area (Å²) in [5, 5.41) is 3.64. The van der Waals surface area contributed by atoms with E-state index in [2.05, 4.69) is 51.9 Å². The maximum Gasteiger partial charge on any atom is 0.0249 e. The van der Waals surface area contributed by atoms with E-state index in [0.29, 0.717) is 17.5 Å². The Bertz CT molecular complexity index is 207. The maximum absolute atomic E-state index is 3.64. The minimum Gasteiger partial charge on any atom is -0.313 e. The molecule has 96 valence electrons. The zero-order valence-corrected chi connectivity index (χ0v) is 12.0. The molecule has 0 saturated heterocycles. The van der Waals surface area contributed by atoms with Gasteiger partial charge in [-0.25, -0.2) is 0 Å². The van der Waals surface area contributed by atoms with Gasteiger partial charge in [0.05, 0.1) is 0 Å². The van der Waals surface area contributed by atoms with E-state index >= 15 is 0 Å². The third-order valence-electron chi connectivity index (χ3n) is 4.33. The highest BCUT2D eigenvalue weighted by Gasteiger charge is 2.35. The van der Waals surface area contributed by atoms with Gasteiger partial charge in [0.2, 0.25) is 0 Å². The molecule has 1 aliphatic carbocycles. The molecule has 1 saturated carbocycles. The fraction of sp³-hybridized carbons (Fsp3) is 1.00. The fourth-order valence-electron chi connectivity index (χ4n) is 2.83. The van der Waals surface area contributed by atoms with Crippen molar-refractivity contribution in [2.75, 3.05) is 13.6 Å². The SMILES string of the molecule is CCNC1CCCC1N(C)C(C)C(C)(C)C. The Balaban J connectivity index is 2.61. The van der Waals surface area contributed by atoms with Gasteiger partial charge in [-0.1, -0.05) is 34.1 Å². The second-order valence-electron chi connectivity index (χ2n) is 6.37. The van der Waals surface area contributed by atoms with Gasteiger partial charge in [0, 0.05) is 18.1 Å². The number of likely N-dealkylation sites (N-methyl/N-ethyl adjacent to an activating group) is 2. The van der Waals surface area contributed by atoms with Crippen LogP contribution in [0.2, 0.25) is 0 Å². The van der Waals surface area contributed by atoms with Crippen LogP contribution >= 0.6 is 0 Å². The largest absolute Gasteiger partial charge is 0.313 e. The molecule has 16 heavy (non-hydrogen) atoms. The Hall–Kier alpha value is -0.0800. The molecule has 1 fully saturated rings. The predicted molar refractivity (Wildman–Crippen MR) is 71.8 cm³/mol. The average Bonchev–Trinajstić information content (AvgIpc) is 2.63. The molecule has 1 rings (SSSR count). The molecule has 3 atom stereocenters. The van der Waals surface area contributed by atoms with Crippen molar-refractivity contribution in [3.05, 3.63) is 0 Å². The van der Waals surface area contributed by atoms with E-state index in [0.717, 1.165) is 12.6 Å². The number of nitrogens with one attached hydrogen (secondary N) is 1. The molecule has 3 unspecified atom stereocenters. The smallest absolute Gasteiger partial charge is 0.0249 e. The van der Waals surface area contributed by atoms with Crippen LogP contribution in [-0.4, -0.2) is 36.6 Å². The van der Waals surface area contributed by atoms with Crippen molar-refractivity contribution < 1.29 is 0 Å². The van der Waals surface area contributed by atoms with Crippen LogP contribution in [0.1, 0.15) is 53.9 Å². The van der Waals surface area contributed by atoms with Crippen molar-refractivity contribution in [1.29, 1.82) is 0 Å². The molecular formula is C14H30N2. The zero-order valence-electron chi connectivity index (χ0n) is 12.0. The van der Waals surface area contributed by atoms with Gasteiger partial charge in [-0.15, -0.1) is 0 Å². The van der Waals surface area contributed by atoms with Gasteiger partial charge in [-0.05, 0) is 38.8 Å². The second-order valence-corrected chi connectivity index (χ2v) is 6.37. The summed E-state index contributed by atoms with van der Waals surface area (Å²) in [4.78, 5) is 2.60. The minimum atomic E-state index is 0.369. The van der Waals surface area contributed by atoms with Gasteiger partial charge in [-0.3, -0.25) is 4.90 Å². The molecule has 1 N–H and O–H groups in total. The lowest BCUT2D eigenvalue weighted by atomic mass is 9.86. The molecule has 0 amide bonds. The van der Waals surface area contributed by atoms with E-state index in [1.165, 1.54) is 19.3 Å². The van der Waals surface area contributed by atoms with Gasteiger partial charge in [-0.2, -0.15) is 0 Å². The first-order valence-corrected chi connectivity index (χ1v) is 6.83. The Morgan fingerprint density at radius 2 is 1.94 bits per heavy atom. The summed E-state index contributed by atoms with van der Waals surface area (Å²) < 4.78 is 0. The standard InChI is InChI=1S/C14H30N2/c1-7-15-12-9-8-10-13(12)16(6)11(2)14(3,4)5/h11-13,15H,7-10H2,1-6H3. The third kappa shape index (κ3) is 3.21. The van der Waals surface area contributed by atoms with E-state index in [1.54, 1.807) is 0 Å². The van der Waals surface area contributed by atoms with Gasteiger partial charge in [0.15, 0.2) is 0 Å². The summed E-state index contributed by atoms with van der Waals surface area (Å²) in [5.41, 5.74) is 0.369. The van der Waals surface area contributed by atoms with Crippen molar-refractivity contribution in [2.45, 2.75) is 72.0 Å². The summed E-state index contributed by atoms with van der Waals surface area (Å²) >= 11 is 0. The molecule has 0 aromatic rings. The molecular weight excluding hydrogens is 196 g/mol. The molecule has 0 aromatic carbocycles. The lowest BCUT2D eigenvalue weighted by Crippen LogP contribution is -2.51. The molecule has 0 heterocycles. The zero-order chi connectivity index (χ0) is 12.3. The quantitative estimate of drug-likeness (QED) is 0.793. The highest BCUT2D eigenvalue weighted by Crippen LogP contribution is 2.30. The second kappa shape index (κ2) is 5.50. The Morgan fingerprint density at radius 1 is 1.31 bits per heavy atom. The van der Waals surface area contributed by atoms with Crippen LogP contribution in [0.15, 0.2) is 0 Å². The van der Waals surface area contributed by atoms with Crippen molar-refractivity contribution in [3.63, 3.8) is 0 Å². The average molecular weight is 226 g/mol. The summed E-state index contributed by atoms with van der Waals surface area (Å²) in [7, 11) is 2.30. The lowest BCUT2D eigenvalue weighted by molar-refractivity contribution is 0.0869. The molecule has 0 spiro atoms. The number of hydrogen-bond acceptors (Lipinski definition) is 2. The van der Waals surface area contributed by atoms with Gasteiger partial charge < -0.3 is 5.32 Å². The van der Waals surface area contributed by atoms with Crippen LogP contribution in [0, 0.1) is 5.41 Å². The number of rotatable bonds is 4. The van der Waals surface area contributed by atoms with E-state index in [4.69, 9.17) is 0 Å². The highest BCUT2D eigenvalue weighted by molar-refractivity contribution is 4.92. The molecule has 0 radical (unpaired) electrons. The van der Waals surface area contributed by atoms with Crippen LogP contribution in [0.4, 0.5) is 0 Å². The Kier molecular flexibility index (Phi) is 4.81. The predicted octanol–water partition coefficient (Wildman–Crippen LogP) is 2.88. The van der Waals surface area contributed by atoms with Gasteiger partial charge in [0.1, 0.15) is 0 Å². The third-order valence-corrected chi connectivity index (χ3v) is 4.33. The number of nitrogens with zero attached hydrogens (tertiary/aromatic N) is 1. The first kappa shape index (κ1) is 14.0. The van der Waals surface area contributed by atoms with Crippen LogP contribution < -0.4 is 5.32 Å². The van der Waals surface area contributed by atoms with E-state index in [1.807, 2.05) is 0 Å². The monoisotopic (exact) mass is 226 g/mol. The molecule has 0 aliphatic heterocycles. The summed E-state index contributed by atoms with van der Waals surface area (Å²) in [6.45, 7) is 12.7. The van der Waals surface area contributed by atoms with E-state index in [-0.39, 0.29) is 0 Å². The maximum atomic E-state index is 3.64. The summed E-state index contributed by atoms with van der Waals surface area (Å²) in [5.74, 6) is 0. The minimum absolute atomic E-state index is 0.369. The molecule has 2 nitrogen and oxygen atoms in total. The Morgan fingerprint density at radius 3 is 2.44 bits per heavy atom. The van der Waals surface area contributed by atoms with E-state index < -0.39 is 0 Å². The van der Waals surface area contributed by atoms with Crippen molar-refractivity contribution >= 4 is 0 Å². The van der Waals surface area contributed by atoms with Crippen LogP contribution in [0.5, 0.6) is 0 Å². The van der Waals surface area contributed by atoms with Gasteiger partial charge >= 0.3 is 0 Å². The van der Waals surface area contributed by atoms with Crippen LogP contribution in [-0.2, 0) is 0 Å². The van der Waals surface area contributed by atoms with Crippen molar-refractivity contribution in [2.24, 2.45) is 5.41 Å². The van der Waals surface area contributed by atoms with E-state index in [9.17, 15) is 0 Å². The molecule has 2 heteroatoms. The fourth-order valence-corrected chi connectivity index (χ4v) is 2.83. The molecule has 0 bridgehead atoms. The highest BCUT2D eigenvalue weighted by atomic mass is 15.2.